The van der Waals surface area contributed by atoms with Crippen molar-refractivity contribution in [3.63, 3.8) is 0 Å². The van der Waals surface area contributed by atoms with E-state index in [1.807, 2.05) is 0 Å². The first-order valence-corrected chi connectivity index (χ1v) is 3.65. The Bertz CT molecular complexity index is 175. The minimum Gasteiger partial charge on any atom is -0.303 e. The van der Waals surface area contributed by atoms with Crippen molar-refractivity contribution in [2.24, 2.45) is 0 Å². The number of rotatable bonds is 0. The standard InChI is InChI=1S/C2H3N3.H3O4P.2S/c1-2-4-5-3-1;1-5(2,3)4;;/h1-2H,(H,3,4,5);(H3,1,2,3,4);;/q;;2*+2. The molecule has 66 valence electrons. The smallest absolute Gasteiger partial charge is 0.303 e. The molecule has 0 aliphatic carbocycles. The number of nitrogens with one attached hydrogen (secondary N) is 1. The van der Waals surface area contributed by atoms with Gasteiger partial charge in [-0.3, -0.25) is 5.10 Å². The first-order chi connectivity index (χ1) is 4.50. The highest BCUT2D eigenvalue weighted by atomic mass is 32.1. The van der Waals surface area contributed by atoms with Gasteiger partial charge in [-0.25, -0.2) is 4.57 Å². The van der Waals surface area contributed by atoms with E-state index in [1.165, 1.54) is 0 Å². The van der Waals surface area contributed by atoms with Crippen molar-refractivity contribution in [2.45, 2.75) is 0 Å². The zero-order chi connectivity index (χ0) is 8.04. The number of hydrogen-bond acceptors (Lipinski definition) is 3. The monoisotopic (exact) mass is 231 g/mol. The van der Waals surface area contributed by atoms with Crippen molar-refractivity contribution in [3.8, 4) is 0 Å². The van der Waals surface area contributed by atoms with Gasteiger partial charge in [0.2, 0.25) is 0 Å². The molecule has 8 radical (unpaired) electrons. The second-order valence-electron chi connectivity index (χ2n) is 1.17. The molecule has 0 unspecified atom stereocenters. The van der Waals surface area contributed by atoms with Gasteiger partial charge in [0.15, 0.2) is 0 Å². The van der Waals surface area contributed by atoms with Crippen molar-refractivity contribution in [2.75, 3.05) is 0 Å². The fraction of sp³-hybridized carbons (Fsp3) is 0. The van der Waals surface area contributed by atoms with Gasteiger partial charge in [-0.1, -0.05) is 5.21 Å². The Hall–Kier alpha value is -0.0500. The summed E-state index contributed by atoms with van der Waals surface area (Å²) in [5, 5.41) is 9.26. The van der Waals surface area contributed by atoms with Crippen molar-refractivity contribution in [1.29, 1.82) is 0 Å². The van der Waals surface area contributed by atoms with Crippen LogP contribution in [0.2, 0.25) is 0 Å². The van der Waals surface area contributed by atoms with Gasteiger partial charge in [0, 0.05) is 6.20 Å². The SMILES string of the molecule is O=P(O)(O)O.[S+2].[S+2].c1c[nH]nn1. The van der Waals surface area contributed by atoms with Crippen LogP contribution in [-0.2, 0) is 31.6 Å². The van der Waals surface area contributed by atoms with E-state index in [0.717, 1.165) is 0 Å². The molecule has 1 aromatic rings. The van der Waals surface area contributed by atoms with E-state index in [0.29, 0.717) is 0 Å². The first-order valence-electron chi connectivity index (χ1n) is 2.09. The summed E-state index contributed by atoms with van der Waals surface area (Å²) in [6.07, 6.45) is 3.24. The topological polar surface area (TPSA) is 119 Å². The number of aromatic amines is 1. The summed E-state index contributed by atoms with van der Waals surface area (Å²) in [7, 11) is -4.64. The van der Waals surface area contributed by atoms with Crippen LogP contribution in [0.5, 0.6) is 0 Å². The van der Waals surface area contributed by atoms with Crippen LogP contribution in [0.4, 0.5) is 0 Å². The minimum atomic E-state index is -4.64. The Morgan fingerprint density at radius 3 is 1.75 bits per heavy atom. The Morgan fingerprint density at radius 1 is 1.25 bits per heavy atom. The molecule has 0 amide bonds. The van der Waals surface area contributed by atoms with Gasteiger partial charge in [-0.15, -0.1) is 5.10 Å². The minimum absolute atomic E-state index is 0. The van der Waals surface area contributed by atoms with E-state index in [1.54, 1.807) is 12.4 Å². The molecule has 0 saturated carbocycles. The maximum atomic E-state index is 8.88. The number of H-pyrrole nitrogens is 1. The molecule has 0 aliphatic rings. The second kappa shape index (κ2) is 9.04. The average molecular weight is 231 g/mol. The van der Waals surface area contributed by atoms with Crippen LogP contribution in [0, 0.1) is 0 Å². The van der Waals surface area contributed by atoms with Crippen LogP contribution in [-0.4, -0.2) is 30.1 Å². The number of hydrogen-bond donors (Lipinski definition) is 4. The number of nitrogens with zero attached hydrogens (tertiary/aromatic N) is 2. The molecule has 10 heteroatoms. The van der Waals surface area contributed by atoms with Crippen molar-refractivity contribution in [3.05, 3.63) is 12.4 Å². The molecular weight excluding hydrogens is 225 g/mol. The molecule has 0 spiro atoms. The molecule has 1 rings (SSSR count). The van der Waals surface area contributed by atoms with Crippen LogP contribution >= 0.6 is 7.82 Å². The maximum absolute atomic E-state index is 8.88. The van der Waals surface area contributed by atoms with Crippen LogP contribution in [0.15, 0.2) is 12.4 Å². The summed E-state index contributed by atoms with van der Waals surface area (Å²) in [5.74, 6) is 0. The Balaban J connectivity index is -0.000000116. The highest BCUT2D eigenvalue weighted by Gasteiger charge is 2.00. The average Bonchev–Trinajstić information content (AvgIpc) is 2.07. The highest BCUT2D eigenvalue weighted by Crippen LogP contribution is 2.25. The lowest BCUT2D eigenvalue weighted by Crippen LogP contribution is -1.66. The van der Waals surface area contributed by atoms with Crippen LogP contribution < -0.4 is 0 Å². The predicted molar refractivity (Wildman–Crippen MR) is 45.4 cm³/mol. The third kappa shape index (κ3) is 32.5. The van der Waals surface area contributed by atoms with Gasteiger partial charge in [-0.05, 0) is 0 Å². The lowest BCUT2D eigenvalue weighted by molar-refractivity contribution is 0.275. The maximum Gasteiger partial charge on any atom is 2.00 e. The van der Waals surface area contributed by atoms with Gasteiger partial charge in [0.1, 0.15) is 0 Å². The molecular formula is C2H6N3O4PS2+4. The summed E-state index contributed by atoms with van der Waals surface area (Å²) >= 11 is 0. The van der Waals surface area contributed by atoms with Gasteiger partial charge < -0.3 is 14.7 Å². The molecule has 0 bridgehead atoms. The van der Waals surface area contributed by atoms with E-state index < -0.39 is 7.82 Å². The quantitative estimate of drug-likeness (QED) is 0.419. The summed E-state index contributed by atoms with van der Waals surface area (Å²) in [5.41, 5.74) is 0. The lowest BCUT2D eigenvalue weighted by Gasteiger charge is -1.82. The Morgan fingerprint density at radius 2 is 1.67 bits per heavy atom. The summed E-state index contributed by atoms with van der Waals surface area (Å²) in [6.45, 7) is 0. The third-order valence-electron chi connectivity index (χ3n) is 0.331. The fourth-order valence-electron chi connectivity index (χ4n) is 0.167. The fourth-order valence-corrected chi connectivity index (χ4v) is 0.167. The van der Waals surface area contributed by atoms with E-state index >= 15 is 0 Å². The van der Waals surface area contributed by atoms with E-state index in [9.17, 15) is 0 Å². The molecule has 0 saturated heterocycles. The lowest BCUT2D eigenvalue weighted by atomic mass is 11.0. The molecule has 0 aromatic carbocycles. The number of phosphoric acid groups is 1. The molecule has 1 heterocycles. The third-order valence-corrected chi connectivity index (χ3v) is 0.331. The molecule has 0 aliphatic heterocycles. The molecule has 1 aromatic heterocycles. The molecule has 7 nitrogen and oxygen atoms in total. The predicted octanol–water partition coefficient (Wildman–Crippen LogP) is -1.13. The summed E-state index contributed by atoms with van der Waals surface area (Å²) < 4.78 is 8.88. The van der Waals surface area contributed by atoms with Gasteiger partial charge in [0.05, 0.1) is 6.20 Å². The highest BCUT2D eigenvalue weighted by molar-refractivity contribution is 7.45. The normalized spacial score (nSPS) is 8.25. The molecule has 4 N–H and O–H groups in total. The zero-order valence-electron chi connectivity index (χ0n) is 5.56. The van der Waals surface area contributed by atoms with Crippen molar-refractivity contribution >= 4 is 34.8 Å². The van der Waals surface area contributed by atoms with Gasteiger partial charge in [0.25, 0.3) is 0 Å². The van der Waals surface area contributed by atoms with E-state index in [4.69, 9.17) is 19.2 Å². The van der Waals surface area contributed by atoms with Gasteiger partial charge in [-0.2, -0.15) is 0 Å². The second-order valence-corrected chi connectivity index (χ2v) is 2.20. The Kier molecular flexibility index (Phi) is 13.5. The van der Waals surface area contributed by atoms with Crippen LogP contribution in [0.25, 0.3) is 0 Å². The molecule has 0 fully saturated rings. The van der Waals surface area contributed by atoms with Crippen molar-refractivity contribution in [1.82, 2.24) is 15.4 Å². The van der Waals surface area contributed by atoms with Gasteiger partial charge >= 0.3 is 34.8 Å². The van der Waals surface area contributed by atoms with E-state index in [2.05, 4.69) is 15.4 Å². The molecule has 0 atom stereocenters. The Labute approximate surface area is 82.3 Å². The van der Waals surface area contributed by atoms with E-state index in [-0.39, 0.29) is 27.0 Å². The van der Waals surface area contributed by atoms with Crippen molar-refractivity contribution < 1.29 is 19.2 Å². The summed E-state index contributed by atoms with van der Waals surface area (Å²) in [6, 6.07) is 0. The number of aromatic nitrogens is 3. The zero-order valence-corrected chi connectivity index (χ0v) is 8.09. The first kappa shape index (κ1) is 17.9. The largest absolute Gasteiger partial charge is 2.00 e. The van der Waals surface area contributed by atoms with Crippen LogP contribution in [0.3, 0.4) is 0 Å². The summed E-state index contributed by atoms with van der Waals surface area (Å²) in [4.78, 5) is 21.6. The van der Waals surface area contributed by atoms with Crippen LogP contribution in [0.1, 0.15) is 0 Å². The molecule has 12 heavy (non-hydrogen) atoms.